The van der Waals surface area contributed by atoms with Gasteiger partial charge >= 0.3 is 0 Å². The van der Waals surface area contributed by atoms with Gasteiger partial charge in [0.05, 0.1) is 10.7 Å². The molecule has 0 saturated heterocycles. The summed E-state index contributed by atoms with van der Waals surface area (Å²) in [6, 6.07) is 18.2. The van der Waals surface area contributed by atoms with E-state index in [-0.39, 0.29) is 0 Å². The Bertz CT molecular complexity index is 1140. The molecule has 30 heavy (non-hydrogen) atoms. The van der Waals surface area contributed by atoms with Gasteiger partial charge in [-0.25, -0.2) is 4.98 Å². The number of para-hydroxylation sites is 1. The third kappa shape index (κ3) is 4.38. The molecular formula is C22H19ClN4OS2. The second-order valence-corrected chi connectivity index (χ2v) is 9.23. The standard InChI is InChI=1S/C22H19ClN4OS2/c23-18-8-4-5-9-19(18)28-12-20-25-26-22(27(20)17-10-11-17)30-14-16-13-29-21(24-16)15-6-2-1-3-7-15/h1-9,13,17H,10-12,14H2. The summed E-state index contributed by atoms with van der Waals surface area (Å²) in [6.45, 7) is 0.350. The maximum absolute atomic E-state index is 6.20. The first kappa shape index (κ1) is 19.6. The number of hydrogen-bond acceptors (Lipinski definition) is 6. The summed E-state index contributed by atoms with van der Waals surface area (Å²) in [5, 5.41) is 13.5. The van der Waals surface area contributed by atoms with Gasteiger partial charge in [0.2, 0.25) is 0 Å². The van der Waals surface area contributed by atoms with E-state index in [1.54, 1.807) is 23.1 Å². The molecule has 0 atom stereocenters. The molecule has 0 radical (unpaired) electrons. The number of hydrogen-bond donors (Lipinski definition) is 0. The van der Waals surface area contributed by atoms with Crippen LogP contribution in [-0.4, -0.2) is 19.7 Å². The Balaban J connectivity index is 1.27. The van der Waals surface area contributed by atoms with Crippen LogP contribution in [0.4, 0.5) is 0 Å². The summed E-state index contributed by atoms with van der Waals surface area (Å²) in [5.41, 5.74) is 2.21. The highest BCUT2D eigenvalue weighted by atomic mass is 35.5. The van der Waals surface area contributed by atoms with Gasteiger partial charge in [0, 0.05) is 22.7 Å². The van der Waals surface area contributed by atoms with Crippen LogP contribution in [0.2, 0.25) is 5.02 Å². The fourth-order valence-electron chi connectivity index (χ4n) is 3.13. The number of aromatic nitrogens is 4. The number of halogens is 1. The fourth-order valence-corrected chi connectivity index (χ4v) is 5.17. The molecule has 0 unspecified atom stereocenters. The Kier molecular flexibility index (Phi) is 5.75. The molecule has 2 heterocycles. The van der Waals surface area contributed by atoms with Crippen molar-refractivity contribution in [2.24, 2.45) is 0 Å². The zero-order valence-corrected chi connectivity index (χ0v) is 18.5. The van der Waals surface area contributed by atoms with E-state index in [0.717, 1.165) is 45.8 Å². The zero-order valence-electron chi connectivity index (χ0n) is 16.1. The lowest BCUT2D eigenvalue weighted by Gasteiger charge is -2.10. The van der Waals surface area contributed by atoms with Crippen LogP contribution in [0, 0.1) is 0 Å². The molecule has 1 aliphatic carbocycles. The maximum Gasteiger partial charge on any atom is 0.191 e. The van der Waals surface area contributed by atoms with Gasteiger partial charge in [-0.3, -0.25) is 4.57 Å². The molecule has 0 aliphatic heterocycles. The van der Waals surface area contributed by atoms with Crippen LogP contribution in [0.1, 0.15) is 30.4 Å². The number of thiazole rings is 1. The molecule has 0 amide bonds. The number of thioether (sulfide) groups is 1. The third-order valence-electron chi connectivity index (χ3n) is 4.76. The van der Waals surface area contributed by atoms with Crippen molar-refractivity contribution >= 4 is 34.7 Å². The van der Waals surface area contributed by atoms with Crippen LogP contribution in [0.5, 0.6) is 5.75 Å². The highest BCUT2D eigenvalue weighted by Crippen LogP contribution is 2.39. The third-order valence-corrected chi connectivity index (χ3v) is 6.99. The number of nitrogens with zero attached hydrogens (tertiary/aromatic N) is 4. The molecule has 0 bridgehead atoms. The first-order valence-corrected chi connectivity index (χ1v) is 12.0. The van der Waals surface area contributed by atoms with E-state index in [0.29, 0.717) is 23.4 Å². The molecule has 4 aromatic rings. The molecule has 2 aromatic heterocycles. The summed E-state index contributed by atoms with van der Waals surface area (Å²) < 4.78 is 8.11. The molecule has 5 rings (SSSR count). The van der Waals surface area contributed by atoms with Gasteiger partial charge in [0.25, 0.3) is 0 Å². The van der Waals surface area contributed by atoms with Crippen molar-refractivity contribution in [3.05, 3.63) is 76.5 Å². The van der Waals surface area contributed by atoms with Gasteiger partial charge in [-0.05, 0) is 25.0 Å². The lowest BCUT2D eigenvalue weighted by molar-refractivity contribution is 0.288. The van der Waals surface area contributed by atoms with E-state index in [2.05, 4.69) is 32.3 Å². The van der Waals surface area contributed by atoms with Gasteiger partial charge < -0.3 is 4.74 Å². The van der Waals surface area contributed by atoms with Crippen molar-refractivity contribution < 1.29 is 4.74 Å². The predicted molar refractivity (Wildman–Crippen MR) is 121 cm³/mol. The highest BCUT2D eigenvalue weighted by molar-refractivity contribution is 7.98. The van der Waals surface area contributed by atoms with Crippen molar-refractivity contribution in [3.63, 3.8) is 0 Å². The Hall–Kier alpha value is -2.35. The van der Waals surface area contributed by atoms with Crippen LogP contribution in [-0.2, 0) is 12.4 Å². The van der Waals surface area contributed by atoms with Crippen molar-refractivity contribution in [1.29, 1.82) is 0 Å². The van der Waals surface area contributed by atoms with Gasteiger partial charge in [0.1, 0.15) is 17.4 Å². The summed E-state index contributed by atoms with van der Waals surface area (Å²) in [5.74, 6) is 2.26. The van der Waals surface area contributed by atoms with E-state index in [1.807, 2.05) is 42.5 Å². The fraction of sp³-hybridized carbons (Fsp3) is 0.227. The van der Waals surface area contributed by atoms with Crippen molar-refractivity contribution in [2.75, 3.05) is 0 Å². The number of benzene rings is 2. The van der Waals surface area contributed by atoms with Gasteiger partial charge in [-0.15, -0.1) is 21.5 Å². The average Bonchev–Trinajstić information content (AvgIpc) is 3.36. The Morgan fingerprint density at radius 2 is 1.87 bits per heavy atom. The summed E-state index contributed by atoms with van der Waals surface area (Å²) >= 11 is 9.54. The quantitative estimate of drug-likeness (QED) is 0.294. The molecule has 1 fully saturated rings. The maximum atomic E-state index is 6.20. The topological polar surface area (TPSA) is 52.8 Å². The molecule has 0 spiro atoms. The molecule has 5 nitrogen and oxygen atoms in total. The van der Waals surface area contributed by atoms with E-state index in [9.17, 15) is 0 Å². The van der Waals surface area contributed by atoms with Gasteiger partial charge in [0.15, 0.2) is 11.0 Å². The first-order valence-electron chi connectivity index (χ1n) is 9.71. The Labute approximate surface area is 188 Å². The van der Waals surface area contributed by atoms with E-state index in [4.69, 9.17) is 21.3 Å². The summed E-state index contributed by atoms with van der Waals surface area (Å²) in [4.78, 5) is 4.78. The predicted octanol–water partition coefficient (Wildman–Crippen LogP) is 6.26. The molecule has 8 heteroatoms. The lowest BCUT2D eigenvalue weighted by Crippen LogP contribution is -2.07. The number of ether oxygens (including phenoxy) is 1. The molecule has 1 saturated carbocycles. The zero-order chi connectivity index (χ0) is 20.3. The second-order valence-electron chi connectivity index (χ2n) is 7.02. The van der Waals surface area contributed by atoms with Gasteiger partial charge in [-0.1, -0.05) is 65.8 Å². The van der Waals surface area contributed by atoms with Crippen LogP contribution in [0.25, 0.3) is 10.6 Å². The normalized spacial score (nSPS) is 13.5. The molecule has 1 aliphatic rings. The summed E-state index contributed by atoms with van der Waals surface area (Å²) in [6.07, 6.45) is 2.30. The SMILES string of the molecule is Clc1ccccc1OCc1nnc(SCc2csc(-c3ccccc3)n2)n1C1CC1. The molecule has 2 aromatic carbocycles. The molecular weight excluding hydrogens is 436 g/mol. The Morgan fingerprint density at radius 3 is 2.67 bits per heavy atom. The van der Waals surface area contributed by atoms with Crippen LogP contribution in [0.15, 0.2) is 65.1 Å². The van der Waals surface area contributed by atoms with Crippen molar-refractivity contribution in [2.45, 2.75) is 36.4 Å². The first-order chi connectivity index (χ1) is 14.8. The highest BCUT2D eigenvalue weighted by Gasteiger charge is 2.30. The van der Waals surface area contributed by atoms with E-state index in [1.165, 1.54) is 0 Å². The van der Waals surface area contributed by atoms with E-state index < -0.39 is 0 Å². The smallest absolute Gasteiger partial charge is 0.191 e. The lowest BCUT2D eigenvalue weighted by atomic mass is 10.2. The van der Waals surface area contributed by atoms with Crippen LogP contribution in [0.3, 0.4) is 0 Å². The molecule has 152 valence electrons. The number of rotatable bonds is 8. The minimum atomic E-state index is 0.350. The van der Waals surface area contributed by atoms with Crippen molar-refractivity contribution in [1.82, 2.24) is 19.7 Å². The summed E-state index contributed by atoms with van der Waals surface area (Å²) in [7, 11) is 0. The van der Waals surface area contributed by atoms with Crippen LogP contribution >= 0.6 is 34.7 Å². The van der Waals surface area contributed by atoms with Crippen molar-refractivity contribution in [3.8, 4) is 16.3 Å². The van der Waals surface area contributed by atoms with Gasteiger partial charge in [-0.2, -0.15) is 0 Å². The molecule has 0 N–H and O–H groups in total. The minimum absolute atomic E-state index is 0.350. The second kappa shape index (κ2) is 8.79. The minimum Gasteiger partial charge on any atom is -0.484 e. The van der Waals surface area contributed by atoms with E-state index >= 15 is 0 Å². The van der Waals surface area contributed by atoms with Crippen LogP contribution < -0.4 is 4.74 Å². The Morgan fingerprint density at radius 1 is 1.07 bits per heavy atom. The monoisotopic (exact) mass is 454 g/mol. The largest absolute Gasteiger partial charge is 0.484 e. The average molecular weight is 455 g/mol.